The van der Waals surface area contributed by atoms with Crippen LogP contribution in [0.5, 0.6) is 5.75 Å². The molecule has 0 saturated heterocycles. The van der Waals surface area contributed by atoms with Crippen molar-refractivity contribution in [2.75, 3.05) is 7.11 Å². The van der Waals surface area contributed by atoms with E-state index in [1.165, 1.54) is 30.4 Å². The lowest BCUT2D eigenvalue weighted by Gasteiger charge is -2.20. The SMILES string of the molecule is COc1ccc(C)c2c1C1CCC2C1. The number of methoxy groups -OCH3 is 1. The van der Waals surface area contributed by atoms with Crippen molar-refractivity contribution < 1.29 is 4.74 Å². The minimum Gasteiger partial charge on any atom is -0.496 e. The summed E-state index contributed by atoms with van der Waals surface area (Å²) in [5.74, 6) is 2.76. The zero-order valence-electron chi connectivity index (χ0n) is 8.84. The van der Waals surface area contributed by atoms with Gasteiger partial charge in [-0.3, -0.25) is 0 Å². The zero-order chi connectivity index (χ0) is 9.71. The molecule has 0 heterocycles. The molecule has 1 aromatic carbocycles. The molecule has 0 radical (unpaired) electrons. The van der Waals surface area contributed by atoms with Crippen molar-refractivity contribution in [3.05, 3.63) is 28.8 Å². The van der Waals surface area contributed by atoms with Gasteiger partial charge in [0, 0.05) is 5.56 Å². The Morgan fingerprint density at radius 1 is 1.14 bits per heavy atom. The van der Waals surface area contributed by atoms with Crippen molar-refractivity contribution in [1.29, 1.82) is 0 Å². The molecule has 1 saturated carbocycles. The van der Waals surface area contributed by atoms with Crippen LogP contribution >= 0.6 is 0 Å². The first-order valence-corrected chi connectivity index (χ1v) is 5.48. The summed E-state index contributed by atoms with van der Waals surface area (Å²) in [5.41, 5.74) is 4.61. The largest absolute Gasteiger partial charge is 0.496 e. The summed E-state index contributed by atoms with van der Waals surface area (Å²) < 4.78 is 5.46. The molecule has 0 spiro atoms. The van der Waals surface area contributed by atoms with Crippen LogP contribution in [-0.4, -0.2) is 7.11 Å². The fraction of sp³-hybridized carbons (Fsp3) is 0.538. The maximum atomic E-state index is 5.46. The van der Waals surface area contributed by atoms with E-state index < -0.39 is 0 Å². The molecule has 1 heteroatoms. The second-order valence-corrected chi connectivity index (χ2v) is 4.62. The van der Waals surface area contributed by atoms with Gasteiger partial charge in [0.25, 0.3) is 0 Å². The van der Waals surface area contributed by atoms with Gasteiger partial charge in [-0.1, -0.05) is 6.07 Å². The fourth-order valence-electron chi connectivity index (χ4n) is 3.37. The fourth-order valence-corrected chi connectivity index (χ4v) is 3.37. The van der Waals surface area contributed by atoms with Gasteiger partial charge in [0.15, 0.2) is 0 Å². The van der Waals surface area contributed by atoms with Crippen LogP contribution in [-0.2, 0) is 0 Å². The van der Waals surface area contributed by atoms with Gasteiger partial charge in [-0.25, -0.2) is 0 Å². The van der Waals surface area contributed by atoms with Crippen molar-refractivity contribution in [3.63, 3.8) is 0 Å². The molecular weight excluding hydrogens is 172 g/mol. The highest BCUT2D eigenvalue weighted by Gasteiger charge is 2.39. The second kappa shape index (κ2) is 2.75. The number of rotatable bonds is 1. The minimum atomic E-state index is 0.796. The summed E-state index contributed by atoms with van der Waals surface area (Å²) in [4.78, 5) is 0. The normalized spacial score (nSPS) is 27.9. The Hall–Kier alpha value is -0.980. The van der Waals surface area contributed by atoms with Crippen molar-refractivity contribution in [2.45, 2.75) is 38.0 Å². The average Bonchev–Trinajstić information content (AvgIpc) is 2.79. The standard InChI is InChI=1S/C13H16O/c1-8-3-6-11(14-2)13-10-5-4-9(7-10)12(8)13/h3,6,9-10H,4-5,7H2,1-2H3. The molecular formula is C13H16O. The molecule has 0 amide bonds. The van der Waals surface area contributed by atoms with Gasteiger partial charge in [0.1, 0.15) is 5.75 Å². The smallest absolute Gasteiger partial charge is 0.122 e. The zero-order valence-corrected chi connectivity index (χ0v) is 8.84. The highest BCUT2D eigenvalue weighted by Crippen LogP contribution is 2.56. The quantitative estimate of drug-likeness (QED) is 0.656. The van der Waals surface area contributed by atoms with Crippen molar-refractivity contribution in [3.8, 4) is 5.75 Å². The topological polar surface area (TPSA) is 9.23 Å². The highest BCUT2D eigenvalue weighted by atomic mass is 16.5. The lowest BCUT2D eigenvalue weighted by molar-refractivity contribution is 0.405. The maximum Gasteiger partial charge on any atom is 0.122 e. The first-order chi connectivity index (χ1) is 6.81. The van der Waals surface area contributed by atoms with Crippen LogP contribution in [0.2, 0.25) is 0 Å². The van der Waals surface area contributed by atoms with E-state index in [2.05, 4.69) is 19.1 Å². The molecule has 1 fully saturated rings. The van der Waals surface area contributed by atoms with E-state index in [1.54, 1.807) is 12.7 Å². The van der Waals surface area contributed by atoms with Crippen LogP contribution in [0.4, 0.5) is 0 Å². The van der Waals surface area contributed by atoms with Crippen LogP contribution in [0, 0.1) is 6.92 Å². The van der Waals surface area contributed by atoms with E-state index >= 15 is 0 Å². The molecule has 2 bridgehead atoms. The Labute approximate surface area is 85.1 Å². The van der Waals surface area contributed by atoms with Gasteiger partial charge in [0.05, 0.1) is 7.11 Å². The predicted octanol–water partition coefficient (Wildman–Crippen LogP) is 3.37. The van der Waals surface area contributed by atoms with Gasteiger partial charge in [-0.15, -0.1) is 0 Å². The van der Waals surface area contributed by atoms with Gasteiger partial charge in [-0.05, 0) is 55.2 Å². The Morgan fingerprint density at radius 2 is 1.86 bits per heavy atom. The third-order valence-corrected chi connectivity index (χ3v) is 3.93. The molecule has 2 aliphatic carbocycles. The Kier molecular flexibility index (Phi) is 1.64. The van der Waals surface area contributed by atoms with Crippen LogP contribution in [0.3, 0.4) is 0 Å². The molecule has 0 aromatic heterocycles. The van der Waals surface area contributed by atoms with Crippen molar-refractivity contribution >= 4 is 0 Å². The summed E-state index contributed by atoms with van der Waals surface area (Å²) in [7, 11) is 1.79. The number of benzene rings is 1. The summed E-state index contributed by atoms with van der Waals surface area (Å²) >= 11 is 0. The van der Waals surface area contributed by atoms with E-state index in [4.69, 9.17) is 4.74 Å². The lowest BCUT2D eigenvalue weighted by Crippen LogP contribution is -2.02. The number of ether oxygens (including phenoxy) is 1. The maximum absolute atomic E-state index is 5.46. The van der Waals surface area contributed by atoms with E-state index in [0.717, 1.165) is 17.6 Å². The lowest BCUT2D eigenvalue weighted by atomic mass is 9.88. The molecule has 1 nitrogen and oxygen atoms in total. The number of hydrogen-bond donors (Lipinski definition) is 0. The molecule has 3 rings (SSSR count). The van der Waals surface area contributed by atoms with Gasteiger partial charge >= 0.3 is 0 Å². The van der Waals surface area contributed by atoms with Gasteiger partial charge in [-0.2, -0.15) is 0 Å². The first-order valence-electron chi connectivity index (χ1n) is 5.48. The summed E-state index contributed by atoms with van der Waals surface area (Å²) in [6, 6.07) is 4.34. The Bertz CT molecular complexity index is 381. The van der Waals surface area contributed by atoms with Crippen LogP contribution < -0.4 is 4.74 Å². The van der Waals surface area contributed by atoms with E-state index in [9.17, 15) is 0 Å². The van der Waals surface area contributed by atoms with Gasteiger partial charge < -0.3 is 4.74 Å². The summed E-state index contributed by atoms with van der Waals surface area (Å²) in [6.07, 6.45) is 4.14. The number of fused-ring (bicyclic) bond motifs is 5. The molecule has 14 heavy (non-hydrogen) atoms. The van der Waals surface area contributed by atoms with Crippen LogP contribution in [0.15, 0.2) is 12.1 Å². The van der Waals surface area contributed by atoms with Gasteiger partial charge in [0.2, 0.25) is 0 Å². The average molecular weight is 188 g/mol. The molecule has 1 aromatic rings. The molecule has 2 atom stereocenters. The number of hydrogen-bond acceptors (Lipinski definition) is 1. The number of aryl methyl sites for hydroxylation is 1. The predicted molar refractivity (Wildman–Crippen MR) is 57.1 cm³/mol. The molecule has 2 aliphatic rings. The monoisotopic (exact) mass is 188 g/mol. The molecule has 2 unspecified atom stereocenters. The third-order valence-electron chi connectivity index (χ3n) is 3.93. The van der Waals surface area contributed by atoms with E-state index in [1.807, 2.05) is 0 Å². The van der Waals surface area contributed by atoms with Crippen molar-refractivity contribution in [2.24, 2.45) is 0 Å². The summed E-state index contributed by atoms with van der Waals surface area (Å²) in [5, 5.41) is 0. The molecule has 0 N–H and O–H groups in total. The Morgan fingerprint density at radius 3 is 2.57 bits per heavy atom. The first kappa shape index (κ1) is 8.34. The third kappa shape index (κ3) is 0.902. The summed E-state index contributed by atoms with van der Waals surface area (Å²) in [6.45, 7) is 2.24. The molecule has 74 valence electrons. The minimum absolute atomic E-state index is 0.796. The Balaban J connectivity index is 2.24. The highest BCUT2D eigenvalue weighted by molar-refractivity contribution is 5.53. The van der Waals surface area contributed by atoms with Crippen LogP contribution in [0.1, 0.15) is 47.8 Å². The molecule has 0 aliphatic heterocycles. The van der Waals surface area contributed by atoms with E-state index in [-0.39, 0.29) is 0 Å². The van der Waals surface area contributed by atoms with Crippen molar-refractivity contribution in [1.82, 2.24) is 0 Å². The second-order valence-electron chi connectivity index (χ2n) is 4.62. The van der Waals surface area contributed by atoms with E-state index in [0.29, 0.717) is 0 Å². The van der Waals surface area contributed by atoms with Crippen LogP contribution in [0.25, 0.3) is 0 Å².